The monoisotopic (exact) mass is 289 g/mol. The highest BCUT2D eigenvalue weighted by molar-refractivity contribution is 5.28. The van der Waals surface area contributed by atoms with E-state index in [9.17, 15) is 0 Å². The van der Waals surface area contributed by atoms with E-state index in [1.807, 2.05) is 0 Å². The van der Waals surface area contributed by atoms with Crippen LogP contribution in [0.5, 0.6) is 0 Å². The Kier molecular flexibility index (Phi) is 4.86. The van der Waals surface area contributed by atoms with Crippen molar-refractivity contribution in [2.45, 2.75) is 57.9 Å². The third-order valence-corrected chi connectivity index (χ3v) is 4.65. The second-order valence-electron chi connectivity index (χ2n) is 6.54. The minimum Gasteiger partial charge on any atom is -0.385 e. The molecule has 21 heavy (non-hydrogen) atoms. The molecule has 2 aliphatic carbocycles. The number of aromatic nitrogens is 2. The van der Waals surface area contributed by atoms with E-state index in [2.05, 4.69) is 12.2 Å². The van der Waals surface area contributed by atoms with Crippen molar-refractivity contribution < 1.29 is 4.74 Å². The molecule has 3 rings (SSSR count). The molecular formula is C17H27N3O. The van der Waals surface area contributed by atoms with E-state index >= 15 is 0 Å². The SMILES string of the molecule is COCCCc1nc(C)c2c(n1)CCC(CNC1CC1)C2. The minimum absolute atomic E-state index is 0.764. The first-order valence-corrected chi connectivity index (χ1v) is 8.34. The number of hydrogen-bond donors (Lipinski definition) is 1. The summed E-state index contributed by atoms with van der Waals surface area (Å²) < 4.78 is 5.11. The summed E-state index contributed by atoms with van der Waals surface area (Å²) in [5, 5.41) is 3.67. The van der Waals surface area contributed by atoms with Crippen LogP contribution in [0, 0.1) is 12.8 Å². The summed E-state index contributed by atoms with van der Waals surface area (Å²) in [6.45, 7) is 4.10. The van der Waals surface area contributed by atoms with Crippen LogP contribution in [-0.2, 0) is 24.0 Å². The van der Waals surface area contributed by atoms with Crippen molar-refractivity contribution >= 4 is 0 Å². The van der Waals surface area contributed by atoms with Gasteiger partial charge in [0.1, 0.15) is 5.82 Å². The first-order valence-electron chi connectivity index (χ1n) is 8.34. The molecule has 2 aliphatic rings. The maximum atomic E-state index is 5.11. The van der Waals surface area contributed by atoms with Gasteiger partial charge in [-0.25, -0.2) is 9.97 Å². The molecule has 4 heteroatoms. The van der Waals surface area contributed by atoms with Gasteiger partial charge in [-0.05, 0) is 63.5 Å². The summed E-state index contributed by atoms with van der Waals surface area (Å²) in [7, 11) is 1.74. The van der Waals surface area contributed by atoms with Crippen LogP contribution in [0.3, 0.4) is 0 Å². The second kappa shape index (κ2) is 6.84. The highest BCUT2D eigenvalue weighted by Gasteiger charge is 2.25. The summed E-state index contributed by atoms with van der Waals surface area (Å²) in [5.74, 6) is 1.76. The molecule has 0 spiro atoms. The zero-order valence-electron chi connectivity index (χ0n) is 13.3. The first-order chi connectivity index (χ1) is 10.3. The lowest BCUT2D eigenvalue weighted by molar-refractivity contribution is 0.194. The molecule has 1 atom stereocenters. The lowest BCUT2D eigenvalue weighted by Crippen LogP contribution is -2.29. The molecule has 116 valence electrons. The van der Waals surface area contributed by atoms with Gasteiger partial charge < -0.3 is 10.1 Å². The molecule has 1 N–H and O–H groups in total. The van der Waals surface area contributed by atoms with Gasteiger partial charge in [0, 0.05) is 37.6 Å². The Labute approximate surface area is 127 Å². The summed E-state index contributed by atoms with van der Waals surface area (Å²) in [6, 6.07) is 0.812. The molecule has 0 amide bonds. The predicted molar refractivity (Wildman–Crippen MR) is 83.5 cm³/mol. The van der Waals surface area contributed by atoms with Crippen molar-refractivity contribution in [3.05, 3.63) is 22.8 Å². The molecule has 1 aromatic rings. The zero-order chi connectivity index (χ0) is 14.7. The van der Waals surface area contributed by atoms with Crippen LogP contribution < -0.4 is 5.32 Å². The van der Waals surface area contributed by atoms with Gasteiger partial charge in [-0.2, -0.15) is 0 Å². The van der Waals surface area contributed by atoms with Gasteiger partial charge >= 0.3 is 0 Å². The van der Waals surface area contributed by atoms with Crippen molar-refractivity contribution in [3.63, 3.8) is 0 Å². The number of hydrogen-bond acceptors (Lipinski definition) is 4. The van der Waals surface area contributed by atoms with Gasteiger partial charge in [0.05, 0.1) is 0 Å². The number of rotatable bonds is 7. The largest absolute Gasteiger partial charge is 0.385 e. The van der Waals surface area contributed by atoms with Crippen LogP contribution >= 0.6 is 0 Å². The Morgan fingerprint density at radius 3 is 2.86 bits per heavy atom. The Bertz CT molecular complexity index is 485. The maximum absolute atomic E-state index is 5.11. The molecule has 0 aromatic carbocycles. The number of fused-ring (bicyclic) bond motifs is 1. The molecule has 0 saturated heterocycles. The summed E-state index contributed by atoms with van der Waals surface area (Å²) >= 11 is 0. The number of nitrogens with zero attached hydrogens (tertiary/aromatic N) is 2. The van der Waals surface area contributed by atoms with Gasteiger partial charge in [-0.1, -0.05) is 0 Å². The van der Waals surface area contributed by atoms with Gasteiger partial charge in [0.25, 0.3) is 0 Å². The van der Waals surface area contributed by atoms with Crippen LogP contribution in [0.2, 0.25) is 0 Å². The standard InChI is InChI=1S/C17H27N3O/c1-12-15-10-13(11-18-14-6-7-14)5-8-16(15)20-17(19-12)4-3-9-21-2/h13-14,18H,3-11H2,1-2H3. The van der Waals surface area contributed by atoms with E-state index in [4.69, 9.17) is 14.7 Å². The van der Waals surface area contributed by atoms with Crippen molar-refractivity contribution in [1.29, 1.82) is 0 Å². The lowest BCUT2D eigenvalue weighted by Gasteiger charge is -2.25. The highest BCUT2D eigenvalue weighted by Crippen LogP contribution is 2.27. The summed E-state index contributed by atoms with van der Waals surface area (Å²) in [5.41, 5.74) is 3.92. The van der Waals surface area contributed by atoms with E-state index in [1.165, 1.54) is 42.8 Å². The highest BCUT2D eigenvalue weighted by atomic mass is 16.5. The van der Waals surface area contributed by atoms with Crippen LogP contribution in [-0.4, -0.2) is 36.3 Å². The molecule has 0 radical (unpaired) electrons. The smallest absolute Gasteiger partial charge is 0.128 e. The van der Waals surface area contributed by atoms with Crippen molar-refractivity contribution in [2.24, 2.45) is 5.92 Å². The van der Waals surface area contributed by atoms with Crippen molar-refractivity contribution in [2.75, 3.05) is 20.3 Å². The van der Waals surface area contributed by atoms with Crippen LogP contribution in [0.15, 0.2) is 0 Å². The van der Waals surface area contributed by atoms with Gasteiger partial charge in [0.15, 0.2) is 0 Å². The minimum atomic E-state index is 0.764. The van der Waals surface area contributed by atoms with E-state index < -0.39 is 0 Å². The fourth-order valence-corrected chi connectivity index (χ4v) is 3.20. The predicted octanol–water partition coefficient (Wildman–Crippen LogP) is 2.22. The topological polar surface area (TPSA) is 47.0 Å². The fraction of sp³-hybridized carbons (Fsp3) is 0.765. The molecule has 1 unspecified atom stereocenters. The van der Waals surface area contributed by atoms with E-state index in [0.717, 1.165) is 50.1 Å². The molecule has 0 aliphatic heterocycles. The number of nitrogens with one attached hydrogen (secondary N) is 1. The zero-order valence-corrected chi connectivity index (χ0v) is 13.3. The van der Waals surface area contributed by atoms with Crippen LogP contribution in [0.25, 0.3) is 0 Å². The Balaban J connectivity index is 1.61. The second-order valence-corrected chi connectivity index (χ2v) is 6.54. The average molecular weight is 289 g/mol. The Morgan fingerprint density at radius 2 is 2.10 bits per heavy atom. The van der Waals surface area contributed by atoms with E-state index in [-0.39, 0.29) is 0 Å². The molecule has 1 fully saturated rings. The van der Waals surface area contributed by atoms with Gasteiger partial charge in [-0.3, -0.25) is 0 Å². The van der Waals surface area contributed by atoms with Crippen LogP contribution in [0.1, 0.15) is 48.5 Å². The molecule has 0 bridgehead atoms. The molecular weight excluding hydrogens is 262 g/mol. The van der Waals surface area contributed by atoms with E-state index in [1.54, 1.807) is 7.11 Å². The van der Waals surface area contributed by atoms with E-state index in [0.29, 0.717) is 0 Å². The van der Waals surface area contributed by atoms with Gasteiger partial charge in [-0.15, -0.1) is 0 Å². The molecule has 1 aromatic heterocycles. The van der Waals surface area contributed by atoms with Crippen molar-refractivity contribution in [3.8, 4) is 0 Å². The average Bonchev–Trinajstić information content (AvgIpc) is 3.30. The summed E-state index contributed by atoms with van der Waals surface area (Å²) in [6.07, 6.45) is 8.21. The first kappa shape index (κ1) is 14.9. The number of ether oxygens (including phenoxy) is 1. The third-order valence-electron chi connectivity index (χ3n) is 4.65. The Morgan fingerprint density at radius 1 is 1.24 bits per heavy atom. The molecule has 4 nitrogen and oxygen atoms in total. The fourth-order valence-electron chi connectivity index (χ4n) is 3.20. The number of methoxy groups -OCH3 is 1. The normalized spacial score (nSPS) is 21.3. The summed E-state index contributed by atoms with van der Waals surface area (Å²) in [4.78, 5) is 9.51. The lowest BCUT2D eigenvalue weighted by atomic mass is 9.85. The quantitative estimate of drug-likeness (QED) is 0.782. The molecule has 1 saturated carbocycles. The van der Waals surface area contributed by atoms with Gasteiger partial charge in [0.2, 0.25) is 0 Å². The maximum Gasteiger partial charge on any atom is 0.128 e. The van der Waals surface area contributed by atoms with Crippen LogP contribution in [0.4, 0.5) is 0 Å². The van der Waals surface area contributed by atoms with Crippen molar-refractivity contribution in [1.82, 2.24) is 15.3 Å². The molecule has 1 heterocycles. The Hall–Kier alpha value is -1.00. The third kappa shape index (κ3) is 4.01. The number of aryl methyl sites for hydroxylation is 3.